The van der Waals surface area contributed by atoms with Gasteiger partial charge in [0.2, 0.25) is 0 Å². The highest BCUT2D eigenvalue weighted by atomic mass is 16.6. The number of esters is 2. The highest BCUT2D eigenvalue weighted by molar-refractivity contribution is 6.29. The van der Waals surface area contributed by atoms with E-state index in [4.69, 9.17) is 4.74 Å². The number of ether oxygens (including phenoxy) is 2. The van der Waals surface area contributed by atoms with Crippen molar-refractivity contribution in [2.24, 2.45) is 5.92 Å². The van der Waals surface area contributed by atoms with Crippen LogP contribution in [0.5, 0.6) is 0 Å². The summed E-state index contributed by atoms with van der Waals surface area (Å²) in [7, 11) is 0. The number of carbonyl (C=O) groups excluding carboxylic acids is 2. The van der Waals surface area contributed by atoms with E-state index in [1.165, 1.54) is 12.8 Å². The zero-order valence-electron chi connectivity index (χ0n) is 12.3. The van der Waals surface area contributed by atoms with E-state index >= 15 is 0 Å². The van der Waals surface area contributed by atoms with Gasteiger partial charge in [-0.05, 0) is 32.1 Å². The SMILES string of the molecule is CCCCC=CCC(C)CCOC(=O)C(=O)OCC. The molecule has 0 spiro atoms. The van der Waals surface area contributed by atoms with Crippen molar-refractivity contribution >= 4 is 11.9 Å². The number of hydrogen-bond acceptors (Lipinski definition) is 4. The maximum absolute atomic E-state index is 11.1. The predicted octanol–water partition coefficient (Wildman–Crippen LogP) is 3.26. The molecule has 0 aromatic rings. The summed E-state index contributed by atoms with van der Waals surface area (Å²) in [5, 5.41) is 0. The topological polar surface area (TPSA) is 52.6 Å². The van der Waals surface area contributed by atoms with Crippen LogP contribution in [0.1, 0.15) is 52.9 Å². The minimum atomic E-state index is -0.908. The van der Waals surface area contributed by atoms with E-state index in [2.05, 4.69) is 30.7 Å². The first-order chi connectivity index (χ1) is 9.11. The van der Waals surface area contributed by atoms with Gasteiger partial charge in [0.1, 0.15) is 0 Å². The molecule has 0 saturated carbocycles. The van der Waals surface area contributed by atoms with E-state index in [-0.39, 0.29) is 13.2 Å². The van der Waals surface area contributed by atoms with Crippen LogP contribution in [0.25, 0.3) is 0 Å². The summed E-state index contributed by atoms with van der Waals surface area (Å²) in [5.74, 6) is -1.37. The van der Waals surface area contributed by atoms with Gasteiger partial charge in [-0.25, -0.2) is 9.59 Å². The van der Waals surface area contributed by atoms with Gasteiger partial charge in [0.05, 0.1) is 13.2 Å². The maximum atomic E-state index is 11.1. The molecular formula is C15H26O4. The van der Waals surface area contributed by atoms with E-state index in [1.54, 1.807) is 6.92 Å². The molecule has 0 aromatic heterocycles. The molecule has 0 aliphatic heterocycles. The standard InChI is InChI=1S/C15H26O4/c1-4-6-7-8-9-10-13(3)11-12-19-15(17)14(16)18-5-2/h8-9,13H,4-7,10-12H2,1-3H3. The molecule has 0 saturated heterocycles. The van der Waals surface area contributed by atoms with Crippen LogP contribution in [0.4, 0.5) is 0 Å². The Morgan fingerprint density at radius 3 is 2.42 bits per heavy atom. The molecule has 1 unspecified atom stereocenters. The molecular weight excluding hydrogens is 244 g/mol. The first-order valence-corrected chi connectivity index (χ1v) is 7.10. The van der Waals surface area contributed by atoms with Crippen molar-refractivity contribution in [1.29, 1.82) is 0 Å². The highest BCUT2D eigenvalue weighted by Crippen LogP contribution is 2.09. The second-order valence-electron chi connectivity index (χ2n) is 4.60. The van der Waals surface area contributed by atoms with Crippen molar-refractivity contribution in [3.05, 3.63) is 12.2 Å². The lowest BCUT2D eigenvalue weighted by molar-refractivity contribution is -0.167. The molecule has 0 N–H and O–H groups in total. The zero-order valence-corrected chi connectivity index (χ0v) is 12.3. The van der Waals surface area contributed by atoms with Crippen molar-refractivity contribution in [1.82, 2.24) is 0 Å². The summed E-state index contributed by atoms with van der Waals surface area (Å²) < 4.78 is 9.37. The van der Waals surface area contributed by atoms with Crippen LogP contribution >= 0.6 is 0 Å². The molecule has 0 rings (SSSR count). The van der Waals surface area contributed by atoms with Gasteiger partial charge in [-0.15, -0.1) is 0 Å². The Bertz CT molecular complexity index is 284. The maximum Gasteiger partial charge on any atom is 0.417 e. The van der Waals surface area contributed by atoms with Crippen molar-refractivity contribution < 1.29 is 19.1 Å². The Morgan fingerprint density at radius 1 is 1.11 bits per heavy atom. The molecule has 0 aliphatic carbocycles. The van der Waals surface area contributed by atoms with Crippen molar-refractivity contribution in [2.45, 2.75) is 52.9 Å². The summed E-state index contributed by atoms with van der Waals surface area (Å²) >= 11 is 0. The van der Waals surface area contributed by atoms with Gasteiger partial charge in [-0.3, -0.25) is 0 Å². The summed E-state index contributed by atoms with van der Waals surface area (Å²) in [6.45, 7) is 6.38. The first-order valence-electron chi connectivity index (χ1n) is 7.10. The minimum absolute atomic E-state index is 0.187. The average molecular weight is 270 g/mol. The number of rotatable bonds is 9. The van der Waals surface area contributed by atoms with Gasteiger partial charge in [0, 0.05) is 0 Å². The normalized spacial score (nSPS) is 12.4. The third-order valence-electron chi connectivity index (χ3n) is 2.72. The zero-order chi connectivity index (χ0) is 14.5. The van der Waals surface area contributed by atoms with Crippen LogP contribution in [0.3, 0.4) is 0 Å². The summed E-state index contributed by atoms with van der Waals surface area (Å²) in [6.07, 6.45) is 9.66. The molecule has 19 heavy (non-hydrogen) atoms. The molecule has 0 aliphatic rings. The third-order valence-corrected chi connectivity index (χ3v) is 2.72. The Hall–Kier alpha value is -1.32. The monoisotopic (exact) mass is 270 g/mol. The van der Waals surface area contributed by atoms with E-state index < -0.39 is 11.9 Å². The smallest absolute Gasteiger partial charge is 0.417 e. The van der Waals surface area contributed by atoms with Crippen LogP contribution in [0.2, 0.25) is 0 Å². The number of unbranched alkanes of at least 4 members (excludes halogenated alkanes) is 2. The number of allylic oxidation sites excluding steroid dienone is 2. The fourth-order valence-corrected chi connectivity index (χ4v) is 1.49. The van der Waals surface area contributed by atoms with E-state index in [1.807, 2.05) is 0 Å². The molecule has 4 nitrogen and oxygen atoms in total. The number of hydrogen-bond donors (Lipinski definition) is 0. The minimum Gasteiger partial charge on any atom is -0.458 e. The van der Waals surface area contributed by atoms with Crippen molar-refractivity contribution in [2.75, 3.05) is 13.2 Å². The molecule has 0 aromatic carbocycles. The van der Waals surface area contributed by atoms with Gasteiger partial charge in [-0.1, -0.05) is 38.8 Å². The number of carbonyl (C=O) groups is 2. The van der Waals surface area contributed by atoms with Crippen LogP contribution in [-0.2, 0) is 19.1 Å². The molecule has 0 radical (unpaired) electrons. The Morgan fingerprint density at radius 2 is 1.79 bits per heavy atom. The molecule has 4 heteroatoms. The fraction of sp³-hybridized carbons (Fsp3) is 0.733. The summed E-state index contributed by atoms with van der Waals surface area (Å²) in [5.41, 5.74) is 0. The van der Waals surface area contributed by atoms with Gasteiger partial charge < -0.3 is 9.47 Å². The average Bonchev–Trinajstić information content (AvgIpc) is 2.38. The van der Waals surface area contributed by atoms with Gasteiger partial charge in [-0.2, -0.15) is 0 Å². The van der Waals surface area contributed by atoms with Gasteiger partial charge in [0.25, 0.3) is 0 Å². The van der Waals surface area contributed by atoms with E-state index in [0.29, 0.717) is 5.92 Å². The Labute approximate surface area is 116 Å². The molecule has 0 amide bonds. The molecule has 0 fully saturated rings. The molecule has 110 valence electrons. The quantitative estimate of drug-likeness (QED) is 0.279. The summed E-state index contributed by atoms with van der Waals surface area (Å²) in [6, 6.07) is 0. The molecule has 0 heterocycles. The van der Waals surface area contributed by atoms with Crippen LogP contribution in [0.15, 0.2) is 12.2 Å². The Balaban J connectivity index is 3.62. The summed E-state index contributed by atoms with van der Waals surface area (Å²) in [4.78, 5) is 22.1. The largest absolute Gasteiger partial charge is 0.458 e. The second kappa shape index (κ2) is 11.8. The molecule has 1 atom stereocenters. The fourth-order valence-electron chi connectivity index (χ4n) is 1.49. The second-order valence-corrected chi connectivity index (χ2v) is 4.60. The van der Waals surface area contributed by atoms with Crippen LogP contribution < -0.4 is 0 Å². The highest BCUT2D eigenvalue weighted by Gasteiger charge is 2.16. The lowest BCUT2D eigenvalue weighted by atomic mass is 10.0. The van der Waals surface area contributed by atoms with Gasteiger partial charge >= 0.3 is 11.9 Å². The van der Waals surface area contributed by atoms with Crippen molar-refractivity contribution in [3.8, 4) is 0 Å². The third kappa shape index (κ3) is 10.3. The van der Waals surface area contributed by atoms with Crippen LogP contribution in [-0.4, -0.2) is 25.2 Å². The van der Waals surface area contributed by atoms with Gasteiger partial charge in [0.15, 0.2) is 0 Å². The van der Waals surface area contributed by atoms with Crippen molar-refractivity contribution in [3.63, 3.8) is 0 Å². The Kier molecular flexibility index (Phi) is 10.9. The van der Waals surface area contributed by atoms with Crippen LogP contribution in [0, 0.1) is 5.92 Å². The lowest BCUT2D eigenvalue weighted by Crippen LogP contribution is -2.21. The van der Waals surface area contributed by atoms with E-state index in [9.17, 15) is 9.59 Å². The molecule has 0 bridgehead atoms. The van der Waals surface area contributed by atoms with E-state index in [0.717, 1.165) is 19.3 Å². The predicted molar refractivity (Wildman–Crippen MR) is 74.7 cm³/mol. The lowest BCUT2D eigenvalue weighted by Gasteiger charge is -2.09. The first kappa shape index (κ1) is 17.7.